The highest BCUT2D eigenvalue weighted by molar-refractivity contribution is 5.92. The van der Waals surface area contributed by atoms with Gasteiger partial charge < -0.3 is 9.73 Å². The average Bonchev–Trinajstić information content (AvgIpc) is 2.82. The van der Waals surface area contributed by atoms with Gasteiger partial charge in [0.25, 0.3) is 5.91 Å². The van der Waals surface area contributed by atoms with Gasteiger partial charge in [-0.1, -0.05) is 24.3 Å². The summed E-state index contributed by atoms with van der Waals surface area (Å²) < 4.78 is 5.24. The molecule has 1 aromatic carbocycles. The Hall–Kier alpha value is -2.03. The topological polar surface area (TPSA) is 42.2 Å². The molecule has 0 saturated heterocycles. The molecule has 108 valence electrons. The Kier molecular flexibility index (Phi) is 2.71. The van der Waals surface area contributed by atoms with E-state index in [0.717, 1.165) is 12.1 Å². The fourth-order valence-corrected chi connectivity index (χ4v) is 3.90. The van der Waals surface area contributed by atoms with Crippen LogP contribution in [0.1, 0.15) is 40.1 Å². The quantitative estimate of drug-likeness (QED) is 0.938. The normalized spacial score (nSPS) is 25.9. The van der Waals surface area contributed by atoms with Gasteiger partial charge in [-0.05, 0) is 49.3 Å². The van der Waals surface area contributed by atoms with Crippen molar-refractivity contribution in [3.63, 3.8) is 0 Å². The molecule has 1 fully saturated rings. The molecule has 0 aliphatic heterocycles. The summed E-state index contributed by atoms with van der Waals surface area (Å²) in [6.07, 6.45) is 5.17. The Morgan fingerprint density at radius 3 is 3.05 bits per heavy atom. The smallest absolute Gasteiger partial charge is 0.287 e. The van der Waals surface area contributed by atoms with E-state index in [2.05, 4.69) is 29.6 Å². The summed E-state index contributed by atoms with van der Waals surface area (Å²) in [7, 11) is 0. The Morgan fingerprint density at radius 2 is 2.24 bits per heavy atom. The minimum atomic E-state index is -0.0918. The van der Waals surface area contributed by atoms with Crippen molar-refractivity contribution in [2.45, 2.75) is 31.6 Å². The van der Waals surface area contributed by atoms with Gasteiger partial charge in [-0.3, -0.25) is 4.79 Å². The van der Waals surface area contributed by atoms with Crippen LogP contribution in [0.25, 0.3) is 0 Å². The summed E-state index contributed by atoms with van der Waals surface area (Å²) in [5, 5.41) is 3.04. The van der Waals surface area contributed by atoms with Crippen LogP contribution in [0.4, 0.5) is 0 Å². The highest BCUT2D eigenvalue weighted by atomic mass is 16.3. The van der Waals surface area contributed by atoms with Crippen LogP contribution in [0, 0.1) is 12.8 Å². The molecule has 1 spiro atoms. The molecule has 2 aromatic rings. The molecule has 21 heavy (non-hydrogen) atoms. The number of hydrogen-bond acceptors (Lipinski definition) is 2. The average molecular weight is 281 g/mol. The number of hydrogen-bond donors (Lipinski definition) is 1. The predicted molar refractivity (Wildman–Crippen MR) is 80.3 cm³/mol. The second-order valence-electron chi connectivity index (χ2n) is 6.36. The Morgan fingerprint density at radius 1 is 1.38 bits per heavy atom. The molecular weight excluding hydrogens is 262 g/mol. The fraction of sp³-hybridized carbons (Fsp3) is 0.389. The van der Waals surface area contributed by atoms with Gasteiger partial charge in [0.05, 0.1) is 6.26 Å². The Balaban J connectivity index is 1.43. The Bertz CT molecular complexity index is 703. The van der Waals surface area contributed by atoms with Gasteiger partial charge in [-0.15, -0.1) is 0 Å². The van der Waals surface area contributed by atoms with Crippen LogP contribution >= 0.6 is 0 Å². The highest BCUT2D eigenvalue weighted by Crippen LogP contribution is 2.61. The van der Waals surface area contributed by atoms with Crippen molar-refractivity contribution in [3.05, 3.63) is 59.0 Å². The lowest BCUT2D eigenvalue weighted by molar-refractivity contribution is 0.0922. The van der Waals surface area contributed by atoms with Crippen molar-refractivity contribution in [3.8, 4) is 0 Å². The van der Waals surface area contributed by atoms with Crippen LogP contribution in [-0.2, 0) is 11.8 Å². The number of benzene rings is 1. The molecule has 2 atom stereocenters. The van der Waals surface area contributed by atoms with E-state index in [9.17, 15) is 4.79 Å². The molecule has 0 bridgehead atoms. The number of carbonyl (C=O) groups excluding carboxylic acids is 1. The van der Waals surface area contributed by atoms with Crippen LogP contribution in [0.3, 0.4) is 0 Å². The second-order valence-corrected chi connectivity index (χ2v) is 6.36. The molecule has 1 amide bonds. The SMILES string of the molecule is Cc1ccoc1C(=O)NC[C@@H]1C[C@]12CCc1ccccc12. The van der Waals surface area contributed by atoms with Crippen LogP contribution < -0.4 is 5.32 Å². The summed E-state index contributed by atoms with van der Waals surface area (Å²) in [6, 6.07) is 10.6. The van der Waals surface area contributed by atoms with E-state index in [4.69, 9.17) is 4.42 Å². The lowest BCUT2D eigenvalue weighted by atomic mass is 9.95. The number of fused-ring (bicyclic) bond motifs is 2. The number of furan rings is 1. The van der Waals surface area contributed by atoms with Crippen LogP contribution in [0.15, 0.2) is 41.0 Å². The van der Waals surface area contributed by atoms with E-state index in [1.165, 1.54) is 30.4 Å². The first-order valence-corrected chi connectivity index (χ1v) is 7.61. The number of aryl methyl sites for hydroxylation is 2. The van der Waals surface area contributed by atoms with Gasteiger partial charge in [-0.25, -0.2) is 0 Å². The van der Waals surface area contributed by atoms with Gasteiger partial charge in [-0.2, -0.15) is 0 Å². The van der Waals surface area contributed by atoms with E-state index in [-0.39, 0.29) is 5.91 Å². The van der Waals surface area contributed by atoms with Gasteiger partial charge in [0.2, 0.25) is 0 Å². The van der Waals surface area contributed by atoms with Crippen molar-refractivity contribution >= 4 is 5.91 Å². The van der Waals surface area contributed by atoms with E-state index in [1.54, 1.807) is 6.26 Å². The van der Waals surface area contributed by atoms with Crippen LogP contribution in [0.2, 0.25) is 0 Å². The maximum atomic E-state index is 12.1. The number of amides is 1. The van der Waals surface area contributed by atoms with Crippen molar-refractivity contribution < 1.29 is 9.21 Å². The van der Waals surface area contributed by atoms with Crippen LogP contribution in [-0.4, -0.2) is 12.5 Å². The third-order valence-electron chi connectivity index (χ3n) is 5.20. The third-order valence-corrected chi connectivity index (χ3v) is 5.20. The molecule has 3 heteroatoms. The highest BCUT2D eigenvalue weighted by Gasteiger charge is 2.57. The molecule has 3 nitrogen and oxygen atoms in total. The first-order chi connectivity index (χ1) is 10.2. The standard InChI is InChI=1S/C18H19NO2/c1-12-7-9-21-16(12)17(20)19-11-14-10-18(14)8-6-13-4-2-3-5-15(13)18/h2-5,7,9,14H,6,8,10-11H2,1H3,(H,19,20)/t14-,18+/m0/s1. The molecule has 2 aliphatic rings. The van der Waals surface area contributed by atoms with E-state index in [0.29, 0.717) is 17.1 Å². The van der Waals surface area contributed by atoms with Gasteiger partial charge in [0.15, 0.2) is 5.76 Å². The molecule has 1 heterocycles. The van der Waals surface area contributed by atoms with E-state index < -0.39 is 0 Å². The van der Waals surface area contributed by atoms with Gasteiger partial charge >= 0.3 is 0 Å². The predicted octanol–water partition coefficient (Wildman–Crippen LogP) is 3.22. The zero-order valence-corrected chi connectivity index (χ0v) is 12.2. The minimum absolute atomic E-state index is 0.0918. The maximum absolute atomic E-state index is 12.1. The lowest BCUT2D eigenvalue weighted by Gasteiger charge is -2.12. The molecule has 2 aliphatic carbocycles. The van der Waals surface area contributed by atoms with Crippen molar-refractivity contribution in [2.24, 2.45) is 5.92 Å². The first kappa shape index (κ1) is 12.7. The van der Waals surface area contributed by atoms with Crippen LogP contribution in [0.5, 0.6) is 0 Å². The number of carbonyl (C=O) groups is 1. The number of rotatable bonds is 3. The maximum Gasteiger partial charge on any atom is 0.287 e. The summed E-state index contributed by atoms with van der Waals surface area (Å²) in [4.78, 5) is 12.1. The van der Waals surface area contributed by atoms with Crippen molar-refractivity contribution in [1.29, 1.82) is 0 Å². The number of nitrogens with one attached hydrogen (secondary N) is 1. The summed E-state index contributed by atoms with van der Waals surface area (Å²) in [6.45, 7) is 2.64. The monoisotopic (exact) mass is 281 g/mol. The lowest BCUT2D eigenvalue weighted by Crippen LogP contribution is -2.27. The molecule has 1 N–H and O–H groups in total. The zero-order valence-electron chi connectivity index (χ0n) is 12.2. The molecule has 4 rings (SSSR count). The zero-order chi connectivity index (χ0) is 14.4. The minimum Gasteiger partial charge on any atom is -0.459 e. The molecule has 1 aromatic heterocycles. The van der Waals surface area contributed by atoms with E-state index >= 15 is 0 Å². The molecular formula is C18H19NO2. The van der Waals surface area contributed by atoms with Crippen molar-refractivity contribution in [2.75, 3.05) is 6.54 Å². The Labute approximate surface area is 124 Å². The summed E-state index contributed by atoms with van der Waals surface area (Å²) in [5.41, 5.74) is 4.23. The fourth-order valence-electron chi connectivity index (χ4n) is 3.90. The van der Waals surface area contributed by atoms with Crippen molar-refractivity contribution in [1.82, 2.24) is 5.32 Å². The summed E-state index contributed by atoms with van der Waals surface area (Å²) >= 11 is 0. The molecule has 0 unspecified atom stereocenters. The molecule has 1 saturated carbocycles. The second kappa shape index (κ2) is 4.48. The third kappa shape index (κ3) is 1.91. The first-order valence-electron chi connectivity index (χ1n) is 7.61. The molecule has 0 radical (unpaired) electrons. The largest absolute Gasteiger partial charge is 0.459 e. The van der Waals surface area contributed by atoms with E-state index in [1.807, 2.05) is 13.0 Å². The van der Waals surface area contributed by atoms with Gasteiger partial charge in [0, 0.05) is 17.5 Å². The van der Waals surface area contributed by atoms with Gasteiger partial charge in [0.1, 0.15) is 0 Å². The summed E-state index contributed by atoms with van der Waals surface area (Å²) in [5.74, 6) is 0.919.